The fraction of sp³-hybridized carbons (Fsp3) is 0.538. The molecule has 5 nitrogen and oxygen atoms in total. The lowest BCUT2D eigenvalue weighted by Gasteiger charge is -2.20. The van der Waals surface area contributed by atoms with E-state index in [1.807, 2.05) is 20.8 Å². The number of ether oxygens (including phenoxy) is 1. The molecule has 0 amide bonds. The van der Waals surface area contributed by atoms with Gasteiger partial charge in [-0.2, -0.15) is 0 Å². The molecule has 0 heterocycles. The first kappa shape index (κ1) is 16.4. The van der Waals surface area contributed by atoms with Crippen LogP contribution in [0, 0.1) is 0 Å². The van der Waals surface area contributed by atoms with Crippen LogP contribution in [-0.4, -0.2) is 35.7 Å². The summed E-state index contributed by atoms with van der Waals surface area (Å²) < 4.78 is 4.97. The van der Waals surface area contributed by atoms with Crippen LogP contribution in [0.1, 0.15) is 27.2 Å². The molecular weight excluding hydrogens is 234 g/mol. The molecule has 0 saturated heterocycles. The van der Waals surface area contributed by atoms with Crippen molar-refractivity contribution in [3.05, 3.63) is 24.3 Å². The molecular formula is C13H21NO4. The fourth-order valence-electron chi connectivity index (χ4n) is 1.06. The van der Waals surface area contributed by atoms with Crippen molar-refractivity contribution in [3.63, 3.8) is 0 Å². The molecule has 0 bridgehead atoms. The number of esters is 1. The Morgan fingerprint density at radius 1 is 1.39 bits per heavy atom. The summed E-state index contributed by atoms with van der Waals surface area (Å²) in [4.78, 5) is 21.6. The maximum Gasteiger partial charge on any atom is 0.333 e. The molecule has 0 unspecified atom stereocenters. The van der Waals surface area contributed by atoms with E-state index < -0.39 is 11.9 Å². The van der Waals surface area contributed by atoms with Crippen molar-refractivity contribution >= 4 is 11.9 Å². The van der Waals surface area contributed by atoms with Gasteiger partial charge in [0.15, 0.2) is 0 Å². The van der Waals surface area contributed by atoms with Crippen molar-refractivity contribution in [1.29, 1.82) is 0 Å². The number of carbonyl (C=O) groups is 2. The van der Waals surface area contributed by atoms with Crippen LogP contribution in [0.4, 0.5) is 0 Å². The predicted molar refractivity (Wildman–Crippen MR) is 69.2 cm³/mol. The van der Waals surface area contributed by atoms with Crippen LogP contribution in [0.15, 0.2) is 24.3 Å². The molecule has 0 rings (SSSR count). The van der Waals surface area contributed by atoms with E-state index in [0.29, 0.717) is 6.54 Å². The lowest BCUT2D eigenvalue weighted by molar-refractivity contribution is -0.139. The van der Waals surface area contributed by atoms with Crippen molar-refractivity contribution < 1.29 is 19.4 Å². The summed E-state index contributed by atoms with van der Waals surface area (Å²) in [6.45, 7) is 10.4. The summed E-state index contributed by atoms with van der Waals surface area (Å²) in [5.74, 6) is -1.55. The SMILES string of the molecule is C=C(CC=CC(=O)O)C(=O)OCCNC(C)(C)C. The van der Waals surface area contributed by atoms with Gasteiger partial charge in [0.2, 0.25) is 0 Å². The van der Waals surface area contributed by atoms with Crippen LogP contribution in [0.2, 0.25) is 0 Å². The topological polar surface area (TPSA) is 75.6 Å². The minimum atomic E-state index is -1.05. The Balaban J connectivity index is 3.82. The molecule has 0 radical (unpaired) electrons. The molecule has 18 heavy (non-hydrogen) atoms. The molecule has 0 aliphatic heterocycles. The molecule has 0 aromatic rings. The summed E-state index contributed by atoms with van der Waals surface area (Å²) in [6.07, 6.45) is 2.51. The van der Waals surface area contributed by atoms with Crippen molar-refractivity contribution in [2.45, 2.75) is 32.7 Å². The Hall–Kier alpha value is -1.62. The first-order chi connectivity index (χ1) is 8.22. The highest BCUT2D eigenvalue weighted by atomic mass is 16.5. The van der Waals surface area contributed by atoms with E-state index in [1.165, 1.54) is 6.08 Å². The van der Waals surface area contributed by atoms with E-state index in [2.05, 4.69) is 11.9 Å². The molecule has 0 atom stereocenters. The second kappa shape index (κ2) is 7.66. The molecule has 0 aliphatic rings. The number of allylic oxidation sites excluding steroid dienone is 1. The number of carboxylic acid groups (broad SMARTS) is 1. The highest BCUT2D eigenvalue weighted by Gasteiger charge is 2.10. The predicted octanol–water partition coefficient (Wildman–Crippen LogP) is 1.50. The molecule has 0 aromatic heterocycles. The Morgan fingerprint density at radius 3 is 2.50 bits per heavy atom. The molecule has 0 aromatic carbocycles. The number of carboxylic acids is 1. The molecule has 0 fully saturated rings. The lowest BCUT2D eigenvalue weighted by Crippen LogP contribution is -2.38. The van der Waals surface area contributed by atoms with Crippen LogP contribution in [0.25, 0.3) is 0 Å². The highest BCUT2D eigenvalue weighted by molar-refractivity contribution is 5.88. The van der Waals surface area contributed by atoms with Gasteiger partial charge in [0, 0.05) is 23.7 Å². The second-order valence-corrected chi connectivity index (χ2v) is 4.86. The second-order valence-electron chi connectivity index (χ2n) is 4.86. The largest absolute Gasteiger partial charge is 0.478 e. The number of hydrogen-bond donors (Lipinski definition) is 2. The number of rotatable bonds is 7. The third-order valence-electron chi connectivity index (χ3n) is 1.90. The van der Waals surface area contributed by atoms with Crippen LogP contribution in [-0.2, 0) is 14.3 Å². The van der Waals surface area contributed by atoms with Crippen molar-refractivity contribution in [2.75, 3.05) is 13.2 Å². The van der Waals surface area contributed by atoms with Crippen molar-refractivity contribution in [1.82, 2.24) is 5.32 Å². The number of aliphatic carboxylic acids is 1. The minimum absolute atomic E-state index is 0.0202. The smallest absolute Gasteiger partial charge is 0.333 e. The summed E-state index contributed by atoms with van der Waals surface area (Å²) in [7, 11) is 0. The van der Waals surface area contributed by atoms with Gasteiger partial charge in [-0.15, -0.1) is 0 Å². The number of nitrogens with one attached hydrogen (secondary N) is 1. The third kappa shape index (κ3) is 9.59. The maximum absolute atomic E-state index is 11.4. The third-order valence-corrected chi connectivity index (χ3v) is 1.90. The lowest BCUT2D eigenvalue weighted by atomic mass is 10.1. The van der Waals surface area contributed by atoms with E-state index in [1.54, 1.807) is 0 Å². The summed E-state index contributed by atoms with van der Waals surface area (Å²) in [5, 5.41) is 11.5. The molecule has 0 aliphatic carbocycles. The standard InChI is InChI=1S/C13H21NO4/c1-10(6-5-7-11(15)16)12(17)18-9-8-14-13(2,3)4/h5,7,14H,1,6,8-9H2,2-4H3,(H,15,16). The Kier molecular flexibility index (Phi) is 6.97. The van der Waals surface area contributed by atoms with Crippen LogP contribution in [0.3, 0.4) is 0 Å². The van der Waals surface area contributed by atoms with E-state index >= 15 is 0 Å². The van der Waals surface area contributed by atoms with Gasteiger partial charge in [0.25, 0.3) is 0 Å². The van der Waals surface area contributed by atoms with E-state index in [-0.39, 0.29) is 24.1 Å². The van der Waals surface area contributed by atoms with Gasteiger partial charge in [-0.05, 0) is 27.2 Å². The van der Waals surface area contributed by atoms with E-state index in [9.17, 15) is 9.59 Å². The zero-order chi connectivity index (χ0) is 14.2. The van der Waals surface area contributed by atoms with Gasteiger partial charge in [-0.1, -0.05) is 12.7 Å². The molecule has 2 N–H and O–H groups in total. The van der Waals surface area contributed by atoms with Crippen molar-refractivity contribution in [2.24, 2.45) is 0 Å². The fourth-order valence-corrected chi connectivity index (χ4v) is 1.06. The Morgan fingerprint density at radius 2 is 2.00 bits per heavy atom. The van der Waals surface area contributed by atoms with Gasteiger partial charge in [-0.3, -0.25) is 0 Å². The zero-order valence-corrected chi connectivity index (χ0v) is 11.2. The Labute approximate surface area is 108 Å². The van der Waals surface area contributed by atoms with Gasteiger partial charge < -0.3 is 15.2 Å². The summed E-state index contributed by atoms with van der Waals surface area (Å²) >= 11 is 0. The molecule has 102 valence electrons. The normalized spacial score (nSPS) is 11.5. The van der Waals surface area contributed by atoms with Crippen molar-refractivity contribution in [3.8, 4) is 0 Å². The van der Waals surface area contributed by atoms with Gasteiger partial charge in [-0.25, -0.2) is 9.59 Å². The van der Waals surface area contributed by atoms with Gasteiger partial charge in [0.05, 0.1) is 0 Å². The van der Waals surface area contributed by atoms with E-state index in [4.69, 9.17) is 9.84 Å². The highest BCUT2D eigenvalue weighted by Crippen LogP contribution is 2.02. The number of carbonyl (C=O) groups excluding carboxylic acids is 1. The average Bonchev–Trinajstić information content (AvgIpc) is 2.22. The first-order valence-electron chi connectivity index (χ1n) is 5.72. The van der Waals surface area contributed by atoms with Crippen LogP contribution < -0.4 is 5.32 Å². The van der Waals surface area contributed by atoms with Gasteiger partial charge in [0.1, 0.15) is 6.61 Å². The maximum atomic E-state index is 11.4. The van der Waals surface area contributed by atoms with Crippen LogP contribution >= 0.6 is 0 Å². The molecule has 5 heteroatoms. The number of hydrogen-bond acceptors (Lipinski definition) is 4. The van der Waals surface area contributed by atoms with Crippen LogP contribution in [0.5, 0.6) is 0 Å². The minimum Gasteiger partial charge on any atom is -0.478 e. The zero-order valence-electron chi connectivity index (χ0n) is 11.2. The molecule has 0 spiro atoms. The quantitative estimate of drug-likeness (QED) is 0.409. The first-order valence-corrected chi connectivity index (χ1v) is 5.72. The Bertz CT molecular complexity index is 339. The van der Waals surface area contributed by atoms with Gasteiger partial charge >= 0.3 is 11.9 Å². The summed E-state index contributed by atoms with van der Waals surface area (Å²) in [6, 6.07) is 0. The summed E-state index contributed by atoms with van der Waals surface area (Å²) in [5.41, 5.74) is 0.219. The molecule has 0 saturated carbocycles. The monoisotopic (exact) mass is 255 g/mol. The van der Waals surface area contributed by atoms with E-state index in [0.717, 1.165) is 6.08 Å². The average molecular weight is 255 g/mol.